The molecule has 0 saturated heterocycles. The molecule has 0 spiro atoms. The van der Waals surface area contributed by atoms with Crippen LogP contribution in [-0.4, -0.2) is 11.2 Å². The summed E-state index contributed by atoms with van der Waals surface area (Å²) in [5.41, 5.74) is 2.43. The highest BCUT2D eigenvalue weighted by Gasteiger charge is 2.17. The average molecular weight is 258 g/mol. The lowest BCUT2D eigenvalue weighted by atomic mass is 9.89. The average Bonchev–Trinajstić information content (AvgIpc) is 2.35. The van der Waals surface area contributed by atoms with E-state index in [-0.39, 0.29) is 5.92 Å². The van der Waals surface area contributed by atoms with E-state index in [1.165, 1.54) is 5.57 Å². The monoisotopic (exact) mass is 258 g/mol. The van der Waals surface area contributed by atoms with E-state index in [4.69, 9.17) is 0 Å². The van der Waals surface area contributed by atoms with Gasteiger partial charge in [0.2, 0.25) is 0 Å². The third-order valence-electron chi connectivity index (χ3n) is 3.54. The van der Waals surface area contributed by atoms with Gasteiger partial charge in [0.05, 0.1) is 0 Å². The van der Waals surface area contributed by atoms with Gasteiger partial charge in [-0.2, -0.15) is 0 Å². The minimum atomic E-state index is -0.572. The van der Waals surface area contributed by atoms with E-state index < -0.39 is 6.10 Å². The normalized spacial score (nSPS) is 30.2. The zero-order valence-electron chi connectivity index (χ0n) is 12.3. The van der Waals surface area contributed by atoms with Gasteiger partial charge < -0.3 is 5.11 Å². The summed E-state index contributed by atoms with van der Waals surface area (Å²) >= 11 is 0. The molecule has 0 radical (unpaired) electrons. The van der Waals surface area contributed by atoms with Crippen molar-refractivity contribution in [2.75, 3.05) is 0 Å². The standard InChI is InChI=1S/C18H26O/c1-15(2)17-14-13-16(3)11-9-7-5-4-6-8-10-12-18(17)19/h4-5,11,17-19H,1,6-9,13-14H2,2-3H3/b5-4+,16-11+. The fourth-order valence-electron chi connectivity index (χ4n) is 2.25. The van der Waals surface area contributed by atoms with Gasteiger partial charge in [-0.3, -0.25) is 0 Å². The van der Waals surface area contributed by atoms with E-state index >= 15 is 0 Å². The quantitative estimate of drug-likeness (QED) is 0.546. The summed E-state index contributed by atoms with van der Waals surface area (Å²) in [6.07, 6.45) is 12.1. The largest absolute Gasteiger partial charge is 0.380 e. The molecule has 1 heteroatoms. The molecule has 104 valence electrons. The summed E-state index contributed by atoms with van der Waals surface area (Å²) in [6, 6.07) is 0. The van der Waals surface area contributed by atoms with Crippen LogP contribution < -0.4 is 0 Å². The second-order valence-electron chi connectivity index (χ2n) is 5.40. The third kappa shape index (κ3) is 6.45. The molecule has 2 unspecified atom stereocenters. The maximum absolute atomic E-state index is 10.2. The van der Waals surface area contributed by atoms with Crippen molar-refractivity contribution in [3.05, 3.63) is 36.0 Å². The predicted octanol–water partition coefficient (Wildman–Crippen LogP) is 4.40. The van der Waals surface area contributed by atoms with Crippen LogP contribution in [0.25, 0.3) is 0 Å². The molecule has 0 aromatic rings. The Labute approximate surface area is 118 Å². The van der Waals surface area contributed by atoms with Gasteiger partial charge in [0, 0.05) is 12.3 Å². The molecule has 1 nitrogen and oxygen atoms in total. The van der Waals surface area contributed by atoms with Crippen LogP contribution in [0, 0.1) is 17.8 Å². The summed E-state index contributed by atoms with van der Waals surface area (Å²) in [5.74, 6) is 6.14. The summed E-state index contributed by atoms with van der Waals surface area (Å²) in [5, 5.41) is 10.2. The Hall–Kier alpha value is -1.26. The van der Waals surface area contributed by atoms with Crippen LogP contribution in [0.3, 0.4) is 0 Å². The highest BCUT2D eigenvalue weighted by atomic mass is 16.3. The molecule has 0 saturated carbocycles. The van der Waals surface area contributed by atoms with Crippen LogP contribution in [0.15, 0.2) is 36.0 Å². The lowest BCUT2D eigenvalue weighted by Crippen LogP contribution is -2.19. The van der Waals surface area contributed by atoms with Crippen molar-refractivity contribution >= 4 is 0 Å². The lowest BCUT2D eigenvalue weighted by Gasteiger charge is -2.19. The number of rotatable bonds is 1. The summed E-state index contributed by atoms with van der Waals surface area (Å²) in [6.45, 7) is 8.15. The van der Waals surface area contributed by atoms with Crippen LogP contribution in [0.5, 0.6) is 0 Å². The maximum atomic E-state index is 10.2. The zero-order chi connectivity index (χ0) is 14.1. The van der Waals surface area contributed by atoms with Crippen molar-refractivity contribution in [3.8, 4) is 11.8 Å². The van der Waals surface area contributed by atoms with Gasteiger partial charge in [0.25, 0.3) is 0 Å². The number of allylic oxidation sites excluding steroid dienone is 4. The molecule has 0 aromatic heterocycles. The molecular weight excluding hydrogens is 232 g/mol. The SMILES string of the molecule is C=C(C)C1CC/C(C)=C/CC/C=C/CCC#CC1O. The van der Waals surface area contributed by atoms with Gasteiger partial charge in [-0.25, -0.2) is 0 Å². The Kier molecular flexibility index (Phi) is 7.30. The van der Waals surface area contributed by atoms with Crippen molar-refractivity contribution in [2.45, 2.75) is 58.5 Å². The van der Waals surface area contributed by atoms with Crippen LogP contribution >= 0.6 is 0 Å². The predicted molar refractivity (Wildman–Crippen MR) is 82.7 cm³/mol. The Morgan fingerprint density at radius 3 is 2.79 bits per heavy atom. The molecule has 0 aromatic carbocycles. The van der Waals surface area contributed by atoms with Gasteiger partial charge in [-0.15, -0.1) is 5.92 Å². The van der Waals surface area contributed by atoms with Crippen LogP contribution in [-0.2, 0) is 0 Å². The van der Waals surface area contributed by atoms with Gasteiger partial charge in [-0.05, 0) is 46.0 Å². The first-order valence-corrected chi connectivity index (χ1v) is 7.23. The van der Waals surface area contributed by atoms with Crippen LogP contribution in [0.4, 0.5) is 0 Å². The van der Waals surface area contributed by atoms with E-state index in [2.05, 4.69) is 43.6 Å². The van der Waals surface area contributed by atoms with Crippen LogP contribution in [0.1, 0.15) is 52.4 Å². The first-order valence-electron chi connectivity index (χ1n) is 7.23. The summed E-state index contributed by atoms with van der Waals surface area (Å²) < 4.78 is 0. The van der Waals surface area contributed by atoms with Crippen molar-refractivity contribution in [2.24, 2.45) is 5.92 Å². The summed E-state index contributed by atoms with van der Waals surface area (Å²) in [7, 11) is 0. The topological polar surface area (TPSA) is 20.2 Å². The minimum Gasteiger partial charge on any atom is -0.380 e. The fourth-order valence-corrected chi connectivity index (χ4v) is 2.25. The number of hydrogen-bond donors (Lipinski definition) is 1. The minimum absolute atomic E-state index is 0.0920. The Morgan fingerprint density at radius 2 is 2.05 bits per heavy atom. The molecule has 1 aliphatic rings. The van der Waals surface area contributed by atoms with E-state index in [0.717, 1.165) is 44.1 Å². The molecule has 1 aliphatic carbocycles. The van der Waals surface area contributed by atoms with E-state index in [1.54, 1.807) is 0 Å². The molecule has 0 amide bonds. The second-order valence-corrected chi connectivity index (χ2v) is 5.40. The fraction of sp³-hybridized carbons (Fsp3) is 0.556. The molecule has 0 fully saturated rings. The number of hydrogen-bond acceptors (Lipinski definition) is 1. The second kappa shape index (κ2) is 8.77. The molecule has 0 aliphatic heterocycles. The Balaban J connectivity index is 2.77. The van der Waals surface area contributed by atoms with Crippen molar-refractivity contribution in [1.29, 1.82) is 0 Å². The van der Waals surface area contributed by atoms with Crippen LogP contribution in [0.2, 0.25) is 0 Å². The van der Waals surface area contributed by atoms with Gasteiger partial charge >= 0.3 is 0 Å². The lowest BCUT2D eigenvalue weighted by molar-refractivity contribution is 0.175. The van der Waals surface area contributed by atoms with E-state index in [0.29, 0.717) is 0 Å². The Bertz CT molecular complexity index is 403. The smallest absolute Gasteiger partial charge is 0.121 e. The third-order valence-corrected chi connectivity index (χ3v) is 3.54. The van der Waals surface area contributed by atoms with Crippen molar-refractivity contribution in [3.63, 3.8) is 0 Å². The Morgan fingerprint density at radius 1 is 1.32 bits per heavy atom. The molecule has 0 heterocycles. The molecule has 19 heavy (non-hydrogen) atoms. The summed E-state index contributed by atoms with van der Waals surface area (Å²) in [4.78, 5) is 0. The van der Waals surface area contributed by atoms with Crippen molar-refractivity contribution in [1.82, 2.24) is 0 Å². The highest BCUT2D eigenvalue weighted by molar-refractivity contribution is 5.14. The van der Waals surface area contributed by atoms with Gasteiger partial charge in [0.15, 0.2) is 0 Å². The molecule has 2 atom stereocenters. The first-order chi connectivity index (χ1) is 9.11. The molecule has 1 rings (SSSR count). The zero-order valence-corrected chi connectivity index (χ0v) is 12.3. The van der Waals surface area contributed by atoms with Gasteiger partial charge in [-0.1, -0.05) is 41.9 Å². The van der Waals surface area contributed by atoms with E-state index in [9.17, 15) is 5.11 Å². The maximum Gasteiger partial charge on any atom is 0.121 e. The van der Waals surface area contributed by atoms with Crippen molar-refractivity contribution < 1.29 is 5.11 Å². The van der Waals surface area contributed by atoms with Gasteiger partial charge in [0.1, 0.15) is 6.10 Å². The molecular formula is C18H26O. The highest BCUT2D eigenvalue weighted by Crippen LogP contribution is 2.22. The first kappa shape index (κ1) is 15.8. The number of aliphatic hydroxyl groups excluding tert-OH is 1. The number of aliphatic hydroxyl groups is 1. The molecule has 1 N–H and O–H groups in total. The van der Waals surface area contributed by atoms with E-state index in [1.807, 2.05) is 6.92 Å². The molecule has 0 bridgehead atoms.